The van der Waals surface area contributed by atoms with Crippen molar-refractivity contribution < 1.29 is 15.0 Å². The van der Waals surface area contributed by atoms with E-state index in [4.69, 9.17) is 0 Å². The summed E-state index contributed by atoms with van der Waals surface area (Å²) in [6.45, 7) is 0.0944. The highest BCUT2D eigenvalue weighted by Crippen LogP contribution is 2.16. The fraction of sp³-hybridized carbons (Fsp3) is 0.133. The number of phenols is 1. The van der Waals surface area contributed by atoms with Crippen molar-refractivity contribution in [2.24, 2.45) is 0 Å². The molecule has 4 heteroatoms. The van der Waals surface area contributed by atoms with Crippen LogP contribution >= 0.6 is 0 Å². The molecule has 0 aliphatic heterocycles. The molecule has 3 N–H and O–H groups in total. The fourth-order valence-corrected chi connectivity index (χ4v) is 1.74. The largest absolute Gasteiger partial charge is 0.507 e. The molecular weight excluding hydrogens is 242 g/mol. The van der Waals surface area contributed by atoms with Crippen LogP contribution in [-0.2, 0) is 0 Å². The molecule has 1 unspecified atom stereocenters. The molecule has 19 heavy (non-hydrogen) atoms. The number of aromatic hydroxyl groups is 1. The van der Waals surface area contributed by atoms with Crippen molar-refractivity contribution in [2.75, 3.05) is 6.54 Å². The smallest absolute Gasteiger partial charge is 0.255 e. The first-order valence-electron chi connectivity index (χ1n) is 5.97. The Morgan fingerprint density at radius 2 is 1.68 bits per heavy atom. The van der Waals surface area contributed by atoms with Crippen LogP contribution in [0.2, 0.25) is 0 Å². The molecule has 0 saturated heterocycles. The van der Waals surface area contributed by atoms with Gasteiger partial charge in [-0.25, -0.2) is 0 Å². The summed E-state index contributed by atoms with van der Waals surface area (Å²) in [5.41, 5.74) is 0.933. The van der Waals surface area contributed by atoms with Crippen molar-refractivity contribution in [1.29, 1.82) is 0 Å². The number of hydrogen-bond acceptors (Lipinski definition) is 3. The minimum absolute atomic E-state index is 0.0748. The molecule has 0 aromatic heterocycles. The molecule has 0 bridgehead atoms. The van der Waals surface area contributed by atoms with Gasteiger partial charge in [0, 0.05) is 6.54 Å². The summed E-state index contributed by atoms with van der Waals surface area (Å²) >= 11 is 0. The summed E-state index contributed by atoms with van der Waals surface area (Å²) in [5.74, 6) is -0.484. The summed E-state index contributed by atoms with van der Waals surface area (Å²) in [6.07, 6.45) is -0.768. The highest BCUT2D eigenvalue weighted by atomic mass is 16.3. The van der Waals surface area contributed by atoms with Gasteiger partial charge in [-0.05, 0) is 17.7 Å². The third-order valence-corrected chi connectivity index (χ3v) is 2.79. The summed E-state index contributed by atoms with van der Waals surface area (Å²) in [4.78, 5) is 11.8. The van der Waals surface area contributed by atoms with E-state index in [0.29, 0.717) is 0 Å². The van der Waals surface area contributed by atoms with Crippen LogP contribution in [0.15, 0.2) is 54.6 Å². The molecule has 0 aliphatic carbocycles. The topological polar surface area (TPSA) is 69.6 Å². The van der Waals surface area contributed by atoms with Crippen molar-refractivity contribution in [3.05, 3.63) is 65.7 Å². The average molecular weight is 257 g/mol. The molecule has 0 saturated carbocycles. The van der Waals surface area contributed by atoms with Gasteiger partial charge in [0.15, 0.2) is 0 Å². The molecule has 1 amide bonds. The zero-order chi connectivity index (χ0) is 13.7. The Hall–Kier alpha value is -2.33. The van der Waals surface area contributed by atoms with E-state index in [1.54, 1.807) is 24.3 Å². The molecule has 2 rings (SSSR count). The van der Waals surface area contributed by atoms with Gasteiger partial charge in [0.05, 0.1) is 11.7 Å². The minimum atomic E-state index is -0.768. The second-order valence-corrected chi connectivity index (χ2v) is 4.15. The van der Waals surface area contributed by atoms with Crippen LogP contribution in [0.5, 0.6) is 5.75 Å². The number of benzene rings is 2. The first-order chi connectivity index (χ1) is 9.18. The van der Waals surface area contributed by atoms with Crippen molar-refractivity contribution in [3.63, 3.8) is 0 Å². The number of carbonyl (C=O) groups is 1. The van der Waals surface area contributed by atoms with Crippen molar-refractivity contribution in [3.8, 4) is 5.75 Å². The van der Waals surface area contributed by atoms with Gasteiger partial charge >= 0.3 is 0 Å². The van der Waals surface area contributed by atoms with Gasteiger partial charge < -0.3 is 15.5 Å². The Morgan fingerprint density at radius 3 is 2.37 bits per heavy atom. The second kappa shape index (κ2) is 6.02. The van der Waals surface area contributed by atoms with E-state index >= 15 is 0 Å². The van der Waals surface area contributed by atoms with Gasteiger partial charge in [-0.3, -0.25) is 4.79 Å². The molecule has 4 nitrogen and oxygen atoms in total. The predicted octanol–water partition coefficient (Wildman–Crippen LogP) is 1.86. The lowest BCUT2D eigenvalue weighted by molar-refractivity contribution is 0.0913. The number of aliphatic hydroxyl groups excluding tert-OH is 1. The standard InChI is InChI=1S/C15H15NO3/c17-13-9-5-4-8-12(13)15(19)16-10-14(18)11-6-2-1-3-7-11/h1-9,14,17-18H,10H2,(H,16,19). The second-order valence-electron chi connectivity index (χ2n) is 4.15. The molecule has 0 radical (unpaired) electrons. The predicted molar refractivity (Wildman–Crippen MR) is 71.8 cm³/mol. The first-order valence-corrected chi connectivity index (χ1v) is 5.97. The Morgan fingerprint density at radius 1 is 1.05 bits per heavy atom. The molecule has 0 aliphatic rings. The van der Waals surface area contributed by atoms with Gasteiger partial charge in [0.25, 0.3) is 5.91 Å². The molecule has 0 fully saturated rings. The van der Waals surface area contributed by atoms with Crippen LogP contribution < -0.4 is 5.32 Å². The number of aliphatic hydroxyl groups is 1. The summed E-state index contributed by atoms with van der Waals surface area (Å²) in [5, 5.41) is 22.0. The number of hydrogen-bond donors (Lipinski definition) is 3. The third kappa shape index (κ3) is 3.33. The van der Waals surface area contributed by atoms with Crippen LogP contribution in [0.4, 0.5) is 0 Å². The van der Waals surface area contributed by atoms with Crippen molar-refractivity contribution in [1.82, 2.24) is 5.32 Å². The normalized spacial score (nSPS) is 11.8. The lowest BCUT2D eigenvalue weighted by Crippen LogP contribution is -2.28. The highest BCUT2D eigenvalue weighted by molar-refractivity contribution is 5.96. The number of carbonyl (C=O) groups excluding carboxylic acids is 1. The molecule has 1 atom stereocenters. The first kappa shape index (κ1) is 13.1. The molecule has 98 valence electrons. The minimum Gasteiger partial charge on any atom is -0.507 e. The number of amides is 1. The number of rotatable bonds is 4. The van der Waals surface area contributed by atoms with Gasteiger partial charge in [0.2, 0.25) is 0 Å². The Balaban J connectivity index is 1.96. The molecule has 2 aromatic rings. The van der Waals surface area contributed by atoms with E-state index in [-0.39, 0.29) is 17.9 Å². The Bertz CT molecular complexity index is 554. The van der Waals surface area contributed by atoms with E-state index in [1.165, 1.54) is 12.1 Å². The molecular formula is C15H15NO3. The van der Waals surface area contributed by atoms with Gasteiger partial charge in [0.1, 0.15) is 5.75 Å². The number of para-hydroxylation sites is 1. The summed E-state index contributed by atoms with van der Waals surface area (Å²) < 4.78 is 0. The lowest BCUT2D eigenvalue weighted by Gasteiger charge is -2.12. The maximum absolute atomic E-state index is 11.8. The number of phenolic OH excluding ortho intramolecular Hbond substituents is 1. The summed E-state index contributed by atoms with van der Waals surface area (Å²) in [7, 11) is 0. The quantitative estimate of drug-likeness (QED) is 0.783. The van der Waals surface area contributed by atoms with Crippen LogP contribution in [0.3, 0.4) is 0 Å². The van der Waals surface area contributed by atoms with E-state index in [1.807, 2.05) is 18.2 Å². The van der Waals surface area contributed by atoms with Crippen molar-refractivity contribution >= 4 is 5.91 Å². The SMILES string of the molecule is O=C(NCC(O)c1ccccc1)c1ccccc1O. The zero-order valence-electron chi connectivity index (χ0n) is 10.3. The number of nitrogens with one attached hydrogen (secondary N) is 1. The van der Waals surface area contributed by atoms with E-state index in [2.05, 4.69) is 5.32 Å². The van der Waals surface area contributed by atoms with Gasteiger partial charge in [-0.15, -0.1) is 0 Å². The van der Waals surface area contributed by atoms with E-state index < -0.39 is 12.0 Å². The molecule has 0 spiro atoms. The van der Waals surface area contributed by atoms with Crippen LogP contribution in [-0.4, -0.2) is 22.7 Å². The highest BCUT2D eigenvalue weighted by Gasteiger charge is 2.12. The van der Waals surface area contributed by atoms with Crippen molar-refractivity contribution in [2.45, 2.75) is 6.10 Å². The van der Waals surface area contributed by atoms with E-state index in [9.17, 15) is 15.0 Å². The average Bonchev–Trinajstić information content (AvgIpc) is 2.46. The fourth-order valence-electron chi connectivity index (χ4n) is 1.74. The Kier molecular flexibility index (Phi) is 4.15. The van der Waals surface area contributed by atoms with Crippen LogP contribution in [0.1, 0.15) is 22.0 Å². The van der Waals surface area contributed by atoms with Crippen LogP contribution in [0.25, 0.3) is 0 Å². The third-order valence-electron chi connectivity index (χ3n) is 2.79. The summed E-state index contributed by atoms with van der Waals surface area (Å²) in [6, 6.07) is 15.4. The van der Waals surface area contributed by atoms with E-state index in [0.717, 1.165) is 5.56 Å². The molecule has 0 heterocycles. The van der Waals surface area contributed by atoms with Crippen LogP contribution in [0, 0.1) is 0 Å². The zero-order valence-corrected chi connectivity index (χ0v) is 10.3. The van der Waals surface area contributed by atoms with Gasteiger partial charge in [-0.1, -0.05) is 42.5 Å². The maximum Gasteiger partial charge on any atom is 0.255 e. The Labute approximate surface area is 111 Å². The molecule has 2 aromatic carbocycles. The van der Waals surface area contributed by atoms with Gasteiger partial charge in [-0.2, -0.15) is 0 Å². The monoisotopic (exact) mass is 257 g/mol. The lowest BCUT2D eigenvalue weighted by atomic mass is 10.1. The maximum atomic E-state index is 11.8.